The van der Waals surface area contributed by atoms with Gasteiger partial charge in [0.2, 0.25) is 20.0 Å². The first-order valence-corrected chi connectivity index (χ1v) is 20.8. The fourth-order valence-electron chi connectivity index (χ4n) is 7.26. The van der Waals surface area contributed by atoms with E-state index in [2.05, 4.69) is 15.5 Å². The molecule has 4 N–H and O–H groups in total. The second-order valence-corrected chi connectivity index (χ2v) is 17.7. The number of nitrogens with zero attached hydrogens (tertiary/aromatic N) is 1. The summed E-state index contributed by atoms with van der Waals surface area (Å²) in [5, 5.41) is 29.2. The van der Waals surface area contributed by atoms with E-state index in [4.69, 9.17) is 11.6 Å². The van der Waals surface area contributed by atoms with Gasteiger partial charge < -0.3 is 10.2 Å². The van der Waals surface area contributed by atoms with Crippen molar-refractivity contribution >= 4 is 31.6 Å². The van der Waals surface area contributed by atoms with E-state index in [-0.39, 0.29) is 37.1 Å². The molecule has 0 bridgehead atoms. The zero-order valence-electron chi connectivity index (χ0n) is 28.9. The van der Waals surface area contributed by atoms with Crippen LogP contribution in [0.15, 0.2) is 82.6 Å². The Hall–Kier alpha value is -3.74. The molecule has 280 valence electrons. The van der Waals surface area contributed by atoms with Crippen molar-refractivity contribution in [2.75, 3.05) is 0 Å². The van der Waals surface area contributed by atoms with E-state index in [1.807, 2.05) is 0 Å². The van der Waals surface area contributed by atoms with Crippen molar-refractivity contribution in [3.63, 3.8) is 0 Å². The molecule has 1 unspecified atom stereocenters. The van der Waals surface area contributed by atoms with Crippen molar-refractivity contribution in [1.29, 1.82) is 5.26 Å². The van der Waals surface area contributed by atoms with Gasteiger partial charge in [0.15, 0.2) is 0 Å². The molecule has 9 nitrogen and oxygen atoms in total. The van der Waals surface area contributed by atoms with Crippen LogP contribution < -0.4 is 9.44 Å². The number of aliphatic hydroxyl groups excluding tert-OH is 2. The van der Waals surface area contributed by atoms with Crippen LogP contribution in [0.2, 0.25) is 5.02 Å². The third kappa shape index (κ3) is 8.81. The molecule has 1 atom stereocenters. The molecule has 14 heteroatoms. The van der Waals surface area contributed by atoms with Gasteiger partial charge in [-0.1, -0.05) is 36.7 Å². The molecule has 0 saturated heterocycles. The lowest BCUT2D eigenvalue weighted by atomic mass is 9.88. The normalized spacial score (nSPS) is 21.5. The largest absolute Gasteiger partial charge is 0.393 e. The number of aliphatic hydroxyl groups is 2. The number of rotatable bonds is 10. The minimum Gasteiger partial charge on any atom is -0.393 e. The predicted molar refractivity (Wildman–Crippen MR) is 198 cm³/mol. The number of nitrogens with one attached hydrogen (secondary N) is 2. The van der Waals surface area contributed by atoms with Crippen LogP contribution in [-0.2, 0) is 20.0 Å². The molecule has 0 heterocycles. The molecule has 0 radical (unpaired) electrons. The minimum atomic E-state index is -4.35. The third-order valence-electron chi connectivity index (χ3n) is 10.2. The van der Waals surface area contributed by atoms with Crippen LogP contribution in [0.25, 0.3) is 22.3 Å². The van der Waals surface area contributed by atoms with Crippen molar-refractivity contribution in [3.8, 4) is 28.3 Å². The molecule has 0 amide bonds. The van der Waals surface area contributed by atoms with Crippen molar-refractivity contribution in [2.45, 2.75) is 98.3 Å². The average Bonchev–Trinajstić information content (AvgIpc) is 3.12. The zero-order valence-corrected chi connectivity index (χ0v) is 31.3. The average molecular weight is 784 g/mol. The Kier molecular flexibility index (Phi) is 11.7. The summed E-state index contributed by atoms with van der Waals surface area (Å²) in [6, 6.07) is 18.1. The Morgan fingerprint density at radius 3 is 1.83 bits per heavy atom. The Bertz CT molecular complexity index is 2250. The van der Waals surface area contributed by atoms with E-state index in [0.717, 1.165) is 12.1 Å². The summed E-state index contributed by atoms with van der Waals surface area (Å²) in [4.78, 5) is -0.425. The Balaban J connectivity index is 1.53. The third-order valence-corrected chi connectivity index (χ3v) is 13.8. The maximum atomic E-state index is 15.1. The first-order valence-electron chi connectivity index (χ1n) is 17.5. The lowest BCUT2D eigenvalue weighted by molar-refractivity contribution is 0.120. The van der Waals surface area contributed by atoms with E-state index in [1.165, 1.54) is 30.3 Å². The number of nitriles is 1. The molecule has 0 aliphatic heterocycles. The molecule has 0 spiro atoms. The molecule has 6 rings (SSSR count). The lowest BCUT2D eigenvalue weighted by Crippen LogP contribution is -2.39. The summed E-state index contributed by atoms with van der Waals surface area (Å²) >= 11 is 6.89. The SMILES string of the molecule is CC(c1cc(-c2ccc(F)cc2F)ccc1S(=O)(=O)NC1CCC(O)CC1)c1cc(-c2ccc(C#N)cc2)cc(Cl)c1S(=O)(=O)NC1CCC(O)CC1. The molecule has 2 aliphatic rings. The fourth-order valence-corrected chi connectivity index (χ4v) is 11.0. The molecule has 2 fully saturated rings. The highest BCUT2D eigenvalue weighted by atomic mass is 35.5. The smallest absolute Gasteiger partial charge is 0.242 e. The van der Waals surface area contributed by atoms with Gasteiger partial charge in [0.05, 0.1) is 33.8 Å². The number of hydrogen-bond acceptors (Lipinski definition) is 7. The van der Waals surface area contributed by atoms with Crippen molar-refractivity contribution in [1.82, 2.24) is 9.44 Å². The van der Waals surface area contributed by atoms with Crippen LogP contribution in [0, 0.1) is 23.0 Å². The topological polar surface area (TPSA) is 157 Å². The Morgan fingerprint density at radius 2 is 1.26 bits per heavy atom. The van der Waals surface area contributed by atoms with E-state index >= 15 is 4.39 Å². The molecular formula is C39H40ClF2N3O6S2. The van der Waals surface area contributed by atoms with Gasteiger partial charge in [0, 0.05) is 29.6 Å². The van der Waals surface area contributed by atoms with Crippen molar-refractivity contribution in [3.05, 3.63) is 106 Å². The van der Waals surface area contributed by atoms with Gasteiger partial charge in [0.25, 0.3) is 0 Å². The highest BCUT2D eigenvalue weighted by Gasteiger charge is 2.34. The summed E-state index contributed by atoms with van der Waals surface area (Å²) < 4.78 is 91.5. The quantitative estimate of drug-likeness (QED) is 0.133. The first kappa shape index (κ1) is 39.0. The highest BCUT2D eigenvalue weighted by molar-refractivity contribution is 7.90. The van der Waals surface area contributed by atoms with Crippen LogP contribution >= 0.6 is 11.6 Å². The first-order chi connectivity index (χ1) is 25.1. The second kappa shape index (κ2) is 15.9. The molecular weight excluding hydrogens is 744 g/mol. The van der Waals surface area contributed by atoms with Crippen molar-refractivity contribution < 1.29 is 35.8 Å². The molecule has 2 saturated carbocycles. The summed E-state index contributed by atoms with van der Waals surface area (Å²) in [6.45, 7) is 1.64. The van der Waals surface area contributed by atoms with Gasteiger partial charge in [-0.05, 0) is 128 Å². The number of benzene rings is 4. The summed E-state index contributed by atoms with van der Waals surface area (Å²) in [7, 11) is -8.62. The van der Waals surface area contributed by atoms with Gasteiger partial charge in [-0.2, -0.15) is 5.26 Å². The highest BCUT2D eigenvalue weighted by Crippen LogP contribution is 2.42. The molecule has 4 aromatic carbocycles. The lowest BCUT2D eigenvalue weighted by Gasteiger charge is -2.28. The van der Waals surface area contributed by atoms with Gasteiger partial charge in [-0.3, -0.25) is 0 Å². The fraction of sp³-hybridized carbons (Fsp3) is 0.359. The van der Waals surface area contributed by atoms with Gasteiger partial charge in [-0.25, -0.2) is 35.1 Å². The van der Waals surface area contributed by atoms with Crippen LogP contribution in [0.5, 0.6) is 0 Å². The summed E-state index contributed by atoms with van der Waals surface area (Å²) in [5.74, 6) is -2.65. The van der Waals surface area contributed by atoms with Gasteiger partial charge >= 0.3 is 0 Å². The number of halogens is 3. The van der Waals surface area contributed by atoms with Gasteiger partial charge in [-0.15, -0.1) is 0 Å². The number of sulfonamides is 2. The zero-order chi connectivity index (χ0) is 38.1. The van der Waals surface area contributed by atoms with Crippen molar-refractivity contribution in [2.24, 2.45) is 0 Å². The molecule has 0 aromatic heterocycles. The maximum absolute atomic E-state index is 15.1. The molecule has 4 aromatic rings. The maximum Gasteiger partial charge on any atom is 0.242 e. The van der Waals surface area contributed by atoms with Crippen LogP contribution in [-0.4, -0.2) is 51.3 Å². The Morgan fingerprint density at radius 1 is 0.717 bits per heavy atom. The standard InChI is InChI=1S/C39H40ClF2N3O6S2/c1-23(34-18-26(33-16-7-28(41)21-37(33)42)6-17-38(34)52(48,49)44-29-8-12-31(46)13-9-29)35-19-27(25-4-2-24(22-43)3-5-25)20-36(40)39(35)53(50,51)45-30-10-14-32(47)15-11-30/h2-7,16-21,23,29-32,44-47H,8-15H2,1H3. The Labute approximate surface area is 313 Å². The number of hydrogen-bond donors (Lipinski definition) is 4. The predicted octanol–water partition coefficient (Wildman–Crippen LogP) is 7.14. The van der Waals surface area contributed by atoms with E-state index < -0.39 is 61.9 Å². The van der Waals surface area contributed by atoms with Crippen LogP contribution in [0.4, 0.5) is 8.78 Å². The van der Waals surface area contributed by atoms with Crippen LogP contribution in [0.1, 0.15) is 80.9 Å². The van der Waals surface area contributed by atoms with E-state index in [9.17, 15) is 36.7 Å². The monoisotopic (exact) mass is 783 g/mol. The van der Waals surface area contributed by atoms with E-state index in [1.54, 1.807) is 37.3 Å². The van der Waals surface area contributed by atoms with Crippen LogP contribution in [0.3, 0.4) is 0 Å². The molecule has 53 heavy (non-hydrogen) atoms. The van der Waals surface area contributed by atoms with E-state index in [0.29, 0.717) is 68.1 Å². The summed E-state index contributed by atoms with van der Waals surface area (Å²) in [5.41, 5.74) is 2.08. The van der Waals surface area contributed by atoms with Gasteiger partial charge in [0.1, 0.15) is 16.5 Å². The summed E-state index contributed by atoms with van der Waals surface area (Å²) in [6.07, 6.45) is 2.29. The minimum absolute atomic E-state index is 0.0105. The molecule has 2 aliphatic carbocycles. The second-order valence-electron chi connectivity index (χ2n) is 13.9.